The molecule has 94 valence electrons. The highest BCUT2D eigenvalue weighted by Crippen LogP contribution is 2.10. The number of benzene rings is 1. The Hall–Kier alpha value is -0.450. The summed E-state index contributed by atoms with van der Waals surface area (Å²) in [7, 11) is 0. The second kappa shape index (κ2) is 8.61. The minimum atomic E-state index is 0.700. The molecule has 0 spiro atoms. The molecule has 0 saturated heterocycles. The topological polar surface area (TPSA) is 24.1 Å². The van der Waals surface area contributed by atoms with Crippen molar-refractivity contribution in [2.45, 2.75) is 13.0 Å². The predicted molar refractivity (Wildman–Crippen MR) is 81.9 cm³/mol. The van der Waals surface area contributed by atoms with E-state index in [1.165, 1.54) is 0 Å². The van der Waals surface area contributed by atoms with Gasteiger partial charge in [-0.15, -0.1) is 0 Å². The van der Waals surface area contributed by atoms with Gasteiger partial charge in [0.05, 0.1) is 0 Å². The average Bonchev–Trinajstić information content (AvgIpc) is 2.32. The Morgan fingerprint density at radius 1 is 1.41 bits per heavy atom. The van der Waals surface area contributed by atoms with Gasteiger partial charge in [0, 0.05) is 18.1 Å². The van der Waals surface area contributed by atoms with E-state index in [0.29, 0.717) is 11.7 Å². The Labute approximate surface area is 118 Å². The Balaban J connectivity index is 2.19. The molecule has 0 atom stereocenters. The molecule has 0 bridgehead atoms. The summed E-state index contributed by atoms with van der Waals surface area (Å²) >= 11 is 12.9. The quantitative estimate of drug-likeness (QED) is 0.621. The van der Waals surface area contributed by atoms with Crippen LogP contribution < -0.4 is 10.6 Å². The number of hydrogen-bond acceptors (Lipinski definition) is 2. The van der Waals surface area contributed by atoms with Crippen LogP contribution >= 0.6 is 35.6 Å². The summed E-state index contributed by atoms with van der Waals surface area (Å²) in [5, 5.41) is 7.79. The Bertz CT molecular complexity index is 358. The Morgan fingerprint density at radius 2 is 2.24 bits per heavy atom. The maximum Gasteiger partial charge on any atom is 0.166 e. The molecule has 0 fully saturated rings. The van der Waals surface area contributed by atoms with Crippen molar-refractivity contribution in [1.82, 2.24) is 10.6 Å². The molecule has 5 heteroatoms. The van der Waals surface area contributed by atoms with Crippen molar-refractivity contribution in [3.63, 3.8) is 0 Å². The molecule has 0 saturated carbocycles. The van der Waals surface area contributed by atoms with Crippen LogP contribution in [-0.4, -0.2) is 23.7 Å². The highest BCUT2D eigenvalue weighted by atomic mass is 35.5. The highest BCUT2D eigenvalue weighted by Gasteiger charge is 1.97. The summed E-state index contributed by atoms with van der Waals surface area (Å²) in [5.41, 5.74) is 1.13. The fraction of sp³-hybridized carbons (Fsp3) is 0.417. The van der Waals surface area contributed by atoms with E-state index in [2.05, 4.69) is 16.9 Å². The third kappa shape index (κ3) is 6.76. The van der Waals surface area contributed by atoms with Gasteiger partial charge in [0.15, 0.2) is 5.11 Å². The average molecular weight is 289 g/mol. The van der Waals surface area contributed by atoms with Crippen molar-refractivity contribution >= 4 is 40.7 Å². The van der Waals surface area contributed by atoms with Crippen molar-refractivity contribution in [2.75, 3.05) is 18.6 Å². The molecule has 0 unspecified atom stereocenters. The first-order chi connectivity index (χ1) is 8.22. The number of thioether (sulfide) groups is 1. The zero-order valence-corrected chi connectivity index (χ0v) is 12.2. The van der Waals surface area contributed by atoms with Gasteiger partial charge in [0.25, 0.3) is 0 Å². The molecule has 0 aliphatic rings. The maximum atomic E-state index is 5.90. The molecule has 2 nitrogen and oxygen atoms in total. The van der Waals surface area contributed by atoms with Gasteiger partial charge in [-0.2, -0.15) is 11.8 Å². The molecule has 0 aliphatic heterocycles. The van der Waals surface area contributed by atoms with E-state index in [1.807, 2.05) is 36.0 Å². The third-order valence-corrected chi connectivity index (χ3v) is 3.37. The largest absolute Gasteiger partial charge is 0.363 e. The van der Waals surface area contributed by atoms with Gasteiger partial charge in [-0.3, -0.25) is 0 Å². The fourth-order valence-electron chi connectivity index (χ4n) is 1.31. The van der Waals surface area contributed by atoms with Gasteiger partial charge in [-0.1, -0.05) is 23.7 Å². The van der Waals surface area contributed by atoms with Crippen molar-refractivity contribution in [2.24, 2.45) is 0 Å². The van der Waals surface area contributed by atoms with Crippen LogP contribution in [0.4, 0.5) is 0 Å². The van der Waals surface area contributed by atoms with Crippen LogP contribution in [0.15, 0.2) is 24.3 Å². The summed E-state index contributed by atoms with van der Waals surface area (Å²) in [6.45, 7) is 1.62. The first-order valence-corrected chi connectivity index (χ1v) is 7.65. The van der Waals surface area contributed by atoms with Crippen LogP contribution in [0.1, 0.15) is 12.0 Å². The van der Waals surface area contributed by atoms with Gasteiger partial charge in [-0.05, 0) is 48.3 Å². The highest BCUT2D eigenvalue weighted by molar-refractivity contribution is 7.98. The van der Waals surface area contributed by atoms with Crippen LogP contribution in [-0.2, 0) is 6.54 Å². The van der Waals surface area contributed by atoms with Gasteiger partial charge < -0.3 is 10.6 Å². The summed E-state index contributed by atoms with van der Waals surface area (Å²) in [4.78, 5) is 0. The van der Waals surface area contributed by atoms with Crippen LogP contribution in [0.5, 0.6) is 0 Å². The van der Waals surface area contributed by atoms with Crippen LogP contribution in [0.3, 0.4) is 0 Å². The number of halogens is 1. The van der Waals surface area contributed by atoms with Gasteiger partial charge in [-0.25, -0.2) is 0 Å². The lowest BCUT2D eigenvalue weighted by Gasteiger charge is -2.10. The van der Waals surface area contributed by atoms with E-state index in [9.17, 15) is 0 Å². The van der Waals surface area contributed by atoms with Crippen molar-refractivity contribution in [3.8, 4) is 0 Å². The molecule has 2 N–H and O–H groups in total. The van der Waals surface area contributed by atoms with Crippen LogP contribution in [0.2, 0.25) is 5.02 Å². The van der Waals surface area contributed by atoms with Crippen LogP contribution in [0, 0.1) is 0 Å². The molecule has 1 rings (SSSR count). The number of hydrogen-bond donors (Lipinski definition) is 2. The Kier molecular flexibility index (Phi) is 7.40. The van der Waals surface area contributed by atoms with Crippen molar-refractivity contribution in [1.29, 1.82) is 0 Å². The second-order valence-corrected chi connectivity index (χ2v) is 5.42. The monoisotopic (exact) mass is 288 g/mol. The van der Waals surface area contributed by atoms with Crippen molar-refractivity contribution in [3.05, 3.63) is 34.9 Å². The lowest BCUT2D eigenvalue weighted by molar-refractivity contribution is 0.804. The molecule has 1 aromatic carbocycles. The molecule has 0 heterocycles. The van der Waals surface area contributed by atoms with E-state index in [0.717, 1.165) is 29.3 Å². The molecule has 1 aromatic rings. The van der Waals surface area contributed by atoms with E-state index in [1.54, 1.807) is 0 Å². The maximum absolute atomic E-state index is 5.90. The normalized spacial score (nSPS) is 10.0. The van der Waals surface area contributed by atoms with E-state index in [4.69, 9.17) is 23.8 Å². The molecule has 0 aliphatic carbocycles. The number of nitrogens with one attached hydrogen (secondary N) is 2. The first-order valence-electron chi connectivity index (χ1n) is 5.47. The van der Waals surface area contributed by atoms with E-state index >= 15 is 0 Å². The van der Waals surface area contributed by atoms with Crippen molar-refractivity contribution < 1.29 is 0 Å². The third-order valence-electron chi connectivity index (χ3n) is 2.15. The summed E-state index contributed by atoms with van der Waals surface area (Å²) < 4.78 is 0. The van der Waals surface area contributed by atoms with Gasteiger partial charge in [0.2, 0.25) is 0 Å². The smallest absolute Gasteiger partial charge is 0.166 e. The number of thiocarbonyl (C=S) groups is 1. The lowest BCUT2D eigenvalue weighted by Crippen LogP contribution is -2.35. The standard InChI is InChI=1S/C12H17ClN2S2/c1-17-7-3-6-14-12(16)15-9-10-4-2-5-11(13)8-10/h2,4-5,8H,3,6-7,9H2,1H3,(H2,14,15,16). The SMILES string of the molecule is CSCCCNC(=S)NCc1cccc(Cl)c1. The second-order valence-electron chi connectivity index (χ2n) is 3.59. The minimum absolute atomic E-state index is 0.700. The predicted octanol–water partition coefficient (Wildman–Crippen LogP) is 3.06. The summed E-state index contributed by atoms with van der Waals surface area (Å²) in [6.07, 6.45) is 3.23. The summed E-state index contributed by atoms with van der Waals surface area (Å²) in [5.74, 6) is 1.16. The zero-order chi connectivity index (χ0) is 12.5. The first kappa shape index (κ1) is 14.6. The lowest BCUT2D eigenvalue weighted by atomic mass is 10.2. The molecular formula is C12H17ClN2S2. The molecule has 0 aromatic heterocycles. The van der Waals surface area contributed by atoms with Crippen LogP contribution in [0.25, 0.3) is 0 Å². The fourth-order valence-corrected chi connectivity index (χ4v) is 2.13. The van der Waals surface area contributed by atoms with Gasteiger partial charge in [0.1, 0.15) is 0 Å². The molecule has 0 amide bonds. The van der Waals surface area contributed by atoms with E-state index < -0.39 is 0 Å². The van der Waals surface area contributed by atoms with E-state index in [-0.39, 0.29) is 0 Å². The minimum Gasteiger partial charge on any atom is -0.363 e. The Morgan fingerprint density at radius 3 is 2.94 bits per heavy atom. The summed E-state index contributed by atoms with van der Waals surface area (Å²) in [6, 6.07) is 7.76. The zero-order valence-electron chi connectivity index (χ0n) is 9.83. The molecule has 0 radical (unpaired) electrons. The number of rotatable bonds is 6. The van der Waals surface area contributed by atoms with Gasteiger partial charge >= 0.3 is 0 Å². The molecule has 17 heavy (non-hydrogen) atoms. The molecular weight excluding hydrogens is 272 g/mol.